The minimum Gasteiger partial charge on any atom is -0.390 e. The second kappa shape index (κ2) is 10.6. The summed E-state index contributed by atoms with van der Waals surface area (Å²) in [5, 5.41) is 10.2. The van der Waals surface area contributed by atoms with Crippen LogP contribution in [0.15, 0.2) is 0 Å². The predicted molar refractivity (Wildman–Crippen MR) is 106 cm³/mol. The van der Waals surface area contributed by atoms with Gasteiger partial charge in [-0.15, -0.1) is 0 Å². The van der Waals surface area contributed by atoms with Gasteiger partial charge in [0.05, 0.1) is 18.3 Å². The Labute approximate surface area is 162 Å². The van der Waals surface area contributed by atoms with Gasteiger partial charge in [0.2, 0.25) is 0 Å². The Balaban J connectivity index is 1.81. The van der Waals surface area contributed by atoms with Gasteiger partial charge in [0.1, 0.15) is 6.17 Å². The molecule has 1 heterocycles. The molecule has 7 unspecified atom stereocenters. The minimum absolute atomic E-state index is 0.333. The SMILES string of the molecule is CCCCC(F)C(O)CC[C@H]1C(C)CC2OC(C(Br)CCCC)CC21. The Kier molecular flexibility index (Phi) is 9.18. The monoisotopic (exact) mass is 420 g/mol. The smallest absolute Gasteiger partial charge is 0.126 e. The Morgan fingerprint density at radius 3 is 2.48 bits per heavy atom. The summed E-state index contributed by atoms with van der Waals surface area (Å²) in [6.07, 6.45) is 8.66. The van der Waals surface area contributed by atoms with E-state index in [9.17, 15) is 9.50 Å². The maximum absolute atomic E-state index is 14.0. The van der Waals surface area contributed by atoms with Gasteiger partial charge in [0.15, 0.2) is 0 Å². The highest BCUT2D eigenvalue weighted by Gasteiger charge is 2.48. The molecule has 1 saturated carbocycles. The molecule has 4 heteroatoms. The number of rotatable bonds is 11. The van der Waals surface area contributed by atoms with Gasteiger partial charge in [-0.1, -0.05) is 62.4 Å². The first-order valence-electron chi connectivity index (χ1n) is 10.6. The van der Waals surface area contributed by atoms with Crippen molar-refractivity contribution in [1.29, 1.82) is 0 Å². The van der Waals surface area contributed by atoms with Crippen molar-refractivity contribution < 1.29 is 14.2 Å². The first-order valence-corrected chi connectivity index (χ1v) is 11.5. The summed E-state index contributed by atoms with van der Waals surface area (Å²) in [6, 6.07) is 0. The summed E-state index contributed by atoms with van der Waals surface area (Å²) in [4.78, 5) is 0.462. The Hall–Kier alpha value is 0.330. The van der Waals surface area contributed by atoms with Gasteiger partial charge < -0.3 is 9.84 Å². The van der Waals surface area contributed by atoms with Crippen LogP contribution in [0.2, 0.25) is 0 Å². The van der Waals surface area contributed by atoms with Crippen LogP contribution in [0.25, 0.3) is 0 Å². The zero-order chi connectivity index (χ0) is 18.4. The number of alkyl halides is 2. The molecular formula is C21H38BrFO2. The summed E-state index contributed by atoms with van der Waals surface area (Å²) >= 11 is 3.84. The molecule has 2 nitrogen and oxygen atoms in total. The Bertz CT molecular complexity index is 381. The lowest BCUT2D eigenvalue weighted by Crippen LogP contribution is -2.25. The van der Waals surface area contributed by atoms with Gasteiger partial charge in [0, 0.05) is 4.83 Å². The maximum atomic E-state index is 14.0. The topological polar surface area (TPSA) is 29.5 Å². The molecule has 0 amide bonds. The van der Waals surface area contributed by atoms with Gasteiger partial charge in [-0.25, -0.2) is 4.39 Å². The number of ether oxygens (including phenoxy) is 1. The molecule has 0 aromatic rings. The Morgan fingerprint density at radius 1 is 1.12 bits per heavy atom. The summed E-state index contributed by atoms with van der Waals surface area (Å²) in [7, 11) is 0. The van der Waals surface area contributed by atoms with E-state index in [1.54, 1.807) is 0 Å². The van der Waals surface area contributed by atoms with Crippen LogP contribution in [0.5, 0.6) is 0 Å². The van der Waals surface area contributed by atoms with Gasteiger partial charge in [-0.05, 0) is 56.3 Å². The lowest BCUT2D eigenvalue weighted by molar-refractivity contribution is 0.0364. The summed E-state index contributed by atoms with van der Waals surface area (Å²) in [6.45, 7) is 6.60. The molecule has 0 radical (unpaired) electrons. The van der Waals surface area contributed by atoms with Crippen molar-refractivity contribution in [1.82, 2.24) is 0 Å². The van der Waals surface area contributed by atoms with Crippen molar-refractivity contribution in [3.63, 3.8) is 0 Å². The predicted octanol–water partition coefficient (Wildman–Crippen LogP) is 6.04. The first-order chi connectivity index (χ1) is 12.0. The molecule has 1 aliphatic carbocycles. The van der Waals surface area contributed by atoms with Crippen LogP contribution in [0, 0.1) is 17.8 Å². The number of halogens is 2. The maximum Gasteiger partial charge on any atom is 0.126 e. The van der Waals surface area contributed by atoms with Gasteiger partial charge in [-0.2, -0.15) is 0 Å². The molecule has 8 atom stereocenters. The van der Waals surface area contributed by atoms with Crippen LogP contribution in [0.1, 0.15) is 85.0 Å². The molecule has 1 aliphatic heterocycles. The first kappa shape index (κ1) is 21.6. The van der Waals surface area contributed by atoms with Crippen LogP contribution < -0.4 is 0 Å². The van der Waals surface area contributed by atoms with E-state index in [1.165, 1.54) is 19.3 Å². The van der Waals surface area contributed by atoms with E-state index in [4.69, 9.17) is 4.74 Å². The van der Waals surface area contributed by atoms with Crippen molar-refractivity contribution in [3.8, 4) is 0 Å². The summed E-state index contributed by atoms with van der Waals surface area (Å²) in [5.41, 5.74) is 0. The van der Waals surface area contributed by atoms with Gasteiger partial charge in [-0.3, -0.25) is 0 Å². The molecule has 2 fully saturated rings. The average molecular weight is 421 g/mol. The van der Waals surface area contributed by atoms with Crippen LogP contribution in [-0.4, -0.2) is 34.4 Å². The van der Waals surface area contributed by atoms with Crippen molar-refractivity contribution in [3.05, 3.63) is 0 Å². The van der Waals surface area contributed by atoms with Crippen LogP contribution in [0.4, 0.5) is 4.39 Å². The van der Waals surface area contributed by atoms with Crippen LogP contribution >= 0.6 is 15.9 Å². The number of aliphatic hydroxyl groups excluding tert-OH is 1. The zero-order valence-electron chi connectivity index (χ0n) is 16.3. The number of fused-ring (bicyclic) bond motifs is 1. The van der Waals surface area contributed by atoms with Crippen molar-refractivity contribution in [2.45, 2.75) is 114 Å². The second-order valence-electron chi connectivity index (χ2n) is 8.45. The molecule has 0 bridgehead atoms. The van der Waals surface area contributed by atoms with Gasteiger partial charge >= 0.3 is 0 Å². The summed E-state index contributed by atoms with van der Waals surface area (Å²) < 4.78 is 20.4. The van der Waals surface area contributed by atoms with Crippen LogP contribution in [0.3, 0.4) is 0 Å². The number of hydrogen-bond acceptors (Lipinski definition) is 2. The molecule has 0 aromatic heterocycles. The highest BCUT2D eigenvalue weighted by Crippen LogP contribution is 2.49. The molecule has 2 rings (SSSR count). The molecule has 148 valence electrons. The van der Waals surface area contributed by atoms with E-state index in [1.807, 2.05) is 0 Å². The second-order valence-corrected chi connectivity index (χ2v) is 9.63. The fourth-order valence-electron chi connectivity index (χ4n) is 4.90. The third kappa shape index (κ3) is 5.90. The van der Waals surface area contributed by atoms with Crippen molar-refractivity contribution in [2.75, 3.05) is 0 Å². The van der Waals surface area contributed by atoms with E-state index >= 15 is 0 Å². The normalized spacial score (nSPS) is 35.5. The molecule has 1 saturated heterocycles. The quantitative estimate of drug-likeness (QED) is 0.412. The van der Waals surface area contributed by atoms with E-state index in [0.717, 1.165) is 32.1 Å². The lowest BCUT2D eigenvalue weighted by Gasteiger charge is -2.25. The largest absolute Gasteiger partial charge is 0.390 e. The summed E-state index contributed by atoms with van der Waals surface area (Å²) in [5.74, 6) is 1.80. The lowest BCUT2D eigenvalue weighted by atomic mass is 9.82. The standard InChI is InChI=1S/C21H38BrFO2/c1-4-6-8-17(22)21-13-16-15(14(3)12-20(16)25-21)10-11-19(24)18(23)9-7-5-2/h14-21,24H,4-13H2,1-3H3/t14?,15-,16?,17?,18?,19?,20?,21?/m0/s1. The van der Waals surface area contributed by atoms with Crippen molar-refractivity contribution in [2.24, 2.45) is 17.8 Å². The highest BCUT2D eigenvalue weighted by atomic mass is 79.9. The van der Waals surface area contributed by atoms with E-state index in [-0.39, 0.29) is 0 Å². The Morgan fingerprint density at radius 2 is 1.80 bits per heavy atom. The number of hydrogen-bond donors (Lipinski definition) is 1. The molecule has 25 heavy (non-hydrogen) atoms. The molecule has 2 aliphatic rings. The van der Waals surface area contributed by atoms with Crippen molar-refractivity contribution >= 4 is 15.9 Å². The zero-order valence-corrected chi connectivity index (χ0v) is 17.9. The highest BCUT2D eigenvalue weighted by molar-refractivity contribution is 9.09. The fraction of sp³-hybridized carbons (Fsp3) is 1.00. The number of aliphatic hydroxyl groups is 1. The minimum atomic E-state index is -1.05. The third-order valence-electron chi connectivity index (χ3n) is 6.50. The molecule has 0 aromatic carbocycles. The number of unbranched alkanes of at least 4 members (excludes halogenated alkanes) is 2. The molecular weight excluding hydrogens is 383 g/mol. The van der Waals surface area contributed by atoms with Gasteiger partial charge in [0.25, 0.3) is 0 Å². The fourth-order valence-corrected chi connectivity index (χ4v) is 5.56. The molecule has 1 N–H and O–H groups in total. The van der Waals surface area contributed by atoms with E-state index < -0.39 is 12.3 Å². The molecule has 0 spiro atoms. The van der Waals surface area contributed by atoms with Crippen LogP contribution in [-0.2, 0) is 4.74 Å². The van der Waals surface area contributed by atoms with E-state index in [2.05, 4.69) is 36.7 Å². The average Bonchev–Trinajstić information content (AvgIpc) is 3.12. The van der Waals surface area contributed by atoms with E-state index in [0.29, 0.717) is 47.6 Å². The third-order valence-corrected chi connectivity index (χ3v) is 7.55.